The first-order valence-corrected chi connectivity index (χ1v) is 7.43. The van der Waals surface area contributed by atoms with Crippen LogP contribution in [0, 0.1) is 0 Å². The van der Waals surface area contributed by atoms with Crippen molar-refractivity contribution in [2.24, 2.45) is 0 Å². The molecule has 1 aromatic rings. The number of hydrogen-bond donors (Lipinski definition) is 1. The number of hydrogen-bond acceptors (Lipinski definition) is 3. The van der Waals surface area contributed by atoms with Gasteiger partial charge in [0.25, 0.3) is 0 Å². The fourth-order valence-electron chi connectivity index (χ4n) is 3.01. The number of rotatable bonds is 3. The Kier molecular flexibility index (Phi) is 3.41. The van der Waals surface area contributed by atoms with E-state index >= 15 is 0 Å². The number of nitrogens with zero attached hydrogens (tertiary/aromatic N) is 1. The van der Waals surface area contributed by atoms with Crippen molar-refractivity contribution in [1.82, 2.24) is 4.90 Å². The van der Waals surface area contributed by atoms with Crippen molar-refractivity contribution in [3.05, 3.63) is 29.8 Å². The van der Waals surface area contributed by atoms with E-state index in [1.807, 2.05) is 11.8 Å². The molecule has 1 aromatic carbocycles. The quantitative estimate of drug-likeness (QED) is 0.889. The van der Waals surface area contributed by atoms with Crippen molar-refractivity contribution < 1.29 is 5.11 Å². The van der Waals surface area contributed by atoms with Crippen LogP contribution in [0.2, 0.25) is 0 Å². The molecule has 0 saturated carbocycles. The van der Waals surface area contributed by atoms with Gasteiger partial charge in [-0.05, 0) is 31.0 Å². The van der Waals surface area contributed by atoms with Crippen LogP contribution in [0.4, 0.5) is 0 Å². The molecule has 17 heavy (non-hydrogen) atoms. The van der Waals surface area contributed by atoms with Crippen LogP contribution < -0.4 is 0 Å². The molecule has 2 aliphatic heterocycles. The highest BCUT2D eigenvalue weighted by molar-refractivity contribution is 7.99. The average molecular weight is 249 g/mol. The SMILES string of the molecule is OCC1CCCN1CC1CSc2ccccc21. The van der Waals surface area contributed by atoms with E-state index in [4.69, 9.17) is 0 Å². The first-order chi connectivity index (χ1) is 8.38. The van der Waals surface area contributed by atoms with Gasteiger partial charge in [-0.25, -0.2) is 0 Å². The summed E-state index contributed by atoms with van der Waals surface area (Å²) in [4.78, 5) is 3.94. The number of thioether (sulfide) groups is 1. The summed E-state index contributed by atoms with van der Waals surface area (Å²) in [5, 5.41) is 9.36. The molecule has 3 heteroatoms. The molecule has 0 aliphatic carbocycles. The fraction of sp³-hybridized carbons (Fsp3) is 0.571. The van der Waals surface area contributed by atoms with E-state index < -0.39 is 0 Å². The first kappa shape index (κ1) is 11.6. The Morgan fingerprint density at radius 2 is 2.24 bits per heavy atom. The zero-order valence-electron chi connectivity index (χ0n) is 10.0. The van der Waals surface area contributed by atoms with Gasteiger partial charge >= 0.3 is 0 Å². The topological polar surface area (TPSA) is 23.5 Å². The lowest BCUT2D eigenvalue weighted by atomic mass is 10.0. The molecule has 0 spiro atoms. The Labute approximate surface area is 107 Å². The normalized spacial score (nSPS) is 28.5. The summed E-state index contributed by atoms with van der Waals surface area (Å²) >= 11 is 1.98. The number of benzene rings is 1. The van der Waals surface area contributed by atoms with E-state index in [2.05, 4.69) is 29.2 Å². The number of likely N-dealkylation sites (tertiary alicyclic amines) is 1. The van der Waals surface area contributed by atoms with Crippen LogP contribution in [-0.2, 0) is 0 Å². The van der Waals surface area contributed by atoms with E-state index in [-0.39, 0.29) is 0 Å². The van der Waals surface area contributed by atoms with E-state index in [9.17, 15) is 5.11 Å². The number of aliphatic hydroxyl groups excluding tert-OH is 1. The zero-order valence-corrected chi connectivity index (χ0v) is 10.8. The molecule has 2 atom stereocenters. The lowest BCUT2D eigenvalue weighted by Crippen LogP contribution is -2.35. The van der Waals surface area contributed by atoms with E-state index in [0.29, 0.717) is 18.6 Å². The summed E-state index contributed by atoms with van der Waals surface area (Å²) in [5.41, 5.74) is 1.51. The molecule has 2 aliphatic rings. The summed E-state index contributed by atoms with van der Waals surface area (Å²) in [6.07, 6.45) is 2.41. The molecule has 2 nitrogen and oxygen atoms in total. The van der Waals surface area contributed by atoms with Crippen LogP contribution in [0.25, 0.3) is 0 Å². The van der Waals surface area contributed by atoms with E-state index in [1.165, 1.54) is 22.6 Å². The minimum atomic E-state index is 0.321. The minimum Gasteiger partial charge on any atom is -0.395 e. The molecule has 3 rings (SSSR count). The molecule has 92 valence electrons. The van der Waals surface area contributed by atoms with Crippen molar-refractivity contribution in [2.45, 2.75) is 29.7 Å². The summed E-state index contributed by atoms with van der Waals surface area (Å²) in [5.74, 6) is 1.86. The maximum absolute atomic E-state index is 9.36. The Balaban J connectivity index is 1.71. The zero-order chi connectivity index (χ0) is 11.7. The lowest BCUT2D eigenvalue weighted by molar-refractivity contribution is 0.154. The maximum atomic E-state index is 9.36. The second-order valence-corrected chi connectivity index (χ2v) is 6.08. The van der Waals surface area contributed by atoms with Crippen LogP contribution >= 0.6 is 11.8 Å². The highest BCUT2D eigenvalue weighted by Crippen LogP contribution is 2.40. The van der Waals surface area contributed by atoms with Gasteiger partial charge in [0.2, 0.25) is 0 Å². The largest absolute Gasteiger partial charge is 0.395 e. The Bertz CT molecular complexity index is 396. The van der Waals surface area contributed by atoms with Crippen LogP contribution in [0.1, 0.15) is 24.3 Å². The highest BCUT2D eigenvalue weighted by atomic mass is 32.2. The van der Waals surface area contributed by atoms with Crippen molar-refractivity contribution in [3.8, 4) is 0 Å². The summed E-state index contributed by atoms with van der Waals surface area (Å²) in [6, 6.07) is 9.18. The van der Waals surface area contributed by atoms with Gasteiger partial charge in [-0.2, -0.15) is 0 Å². The standard InChI is InChI=1S/C14H19NOS/c16-9-12-4-3-7-15(12)8-11-10-17-14-6-2-1-5-13(11)14/h1-2,5-6,11-12,16H,3-4,7-10H2. The number of aliphatic hydroxyl groups is 1. The van der Waals surface area contributed by atoms with Gasteiger partial charge in [-0.1, -0.05) is 18.2 Å². The second-order valence-electron chi connectivity index (χ2n) is 5.02. The van der Waals surface area contributed by atoms with Gasteiger partial charge in [0.1, 0.15) is 0 Å². The van der Waals surface area contributed by atoms with Crippen molar-refractivity contribution >= 4 is 11.8 Å². The molecular weight excluding hydrogens is 230 g/mol. The third-order valence-corrected chi connectivity index (χ3v) is 5.22. The molecule has 1 saturated heterocycles. The molecule has 0 radical (unpaired) electrons. The van der Waals surface area contributed by atoms with Gasteiger partial charge in [0.15, 0.2) is 0 Å². The summed E-state index contributed by atoms with van der Waals surface area (Å²) in [7, 11) is 0. The number of fused-ring (bicyclic) bond motifs is 1. The molecule has 1 N–H and O–H groups in total. The monoisotopic (exact) mass is 249 g/mol. The fourth-order valence-corrected chi connectivity index (χ4v) is 4.25. The van der Waals surface area contributed by atoms with Crippen molar-refractivity contribution in [3.63, 3.8) is 0 Å². The van der Waals surface area contributed by atoms with E-state index in [0.717, 1.165) is 19.5 Å². The van der Waals surface area contributed by atoms with Gasteiger partial charge in [-0.15, -0.1) is 11.8 Å². The Morgan fingerprint density at radius 3 is 3.12 bits per heavy atom. The van der Waals surface area contributed by atoms with Crippen molar-refractivity contribution in [2.75, 3.05) is 25.4 Å². The average Bonchev–Trinajstić information content (AvgIpc) is 2.97. The maximum Gasteiger partial charge on any atom is 0.0586 e. The van der Waals surface area contributed by atoms with Gasteiger partial charge in [0, 0.05) is 29.2 Å². The Morgan fingerprint density at radius 1 is 1.35 bits per heavy atom. The minimum absolute atomic E-state index is 0.321. The lowest BCUT2D eigenvalue weighted by Gasteiger charge is -2.26. The van der Waals surface area contributed by atoms with Gasteiger partial charge < -0.3 is 5.11 Å². The predicted octanol–water partition coefficient (Wildman–Crippen LogP) is 2.33. The van der Waals surface area contributed by atoms with Crippen LogP contribution in [0.15, 0.2) is 29.2 Å². The first-order valence-electron chi connectivity index (χ1n) is 6.45. The highest BCUT2D eigenvalue weighted by Gasteiger charge is 2.29. The second kappa shape index (κ2) is 5.01. The third kappa shape index (κ3) is 2.24. The van der Waals surface area contributed by atoms with Gasteiger partial charge in [-0.3, -0.25) is 4.90 Å². The molecule has 2 heterocycles. The molecule has 0 amide bonds. The smallest absolute Gasteiger partial charge is 0.0586 e. The van der Waals surface area contributed by atoms with Gasteiger partial charge in [0.05, 0.1) is 6.61 Å². The predicted molar refractivity (Wildman–Crippen MR) is 71.6 cm³/mol. The molecule has 1 fully saturated rings. The Hall–Kier alpha value is -0.510. The van der Waals surface area contributed by atoms with Crippen LogP contribution in [-0.4, -0.2) is 41.5 Å². The molecule has 0 aromatic heterocycles. The van der Waals surface area contributed by atoms with Crippen LogP contribution in [0.5, 0.6) is 0 Å². The van der Waals surface area contributed by atoms with E-state index in [1.54, 1.807) is 0 Å². The van der Waals surface area contributed by atoms with Crippen molar-refractivity contribution in [1.29, 1.82) is 0 Å². The molecule has 2 unspecified atom stereocenters. The molecule has 0 bridgehead atoms. The summed E-state index contributed by atoms with van der Waals surface area (Å²) in [6.45, 7) is 2.60. The third-order valence-electron chi connectivity index (χ3n) is 3.96. The van der Waals surface area contributed by atoms with Crippen LogP contribution in [0.3, 0.4) is 0 Å². The summed E-state index contributed by atoms with van der Waals surface area (Å²) < 4.78 is 0. The molecular formula is C14H19NOS.